The van der Waals surface area contributed by atoms with Gasteiger partial charge in [0.25, 0.3) is 5.91 Å². The van der Waals surface area contributed by atoms with E-state index in [4.69, 9.17) is 15.2 Å². The number of nitrogens with two attached hydrogens (primary N) is 1. The molecule has 0 saturated carbocycles. The summed E-state index contributed by atoms with van der Waals surface area (Å²) < 4.78 is 11.6. The number of likely N-dealkylation sites (N-methyl/N-ethyl adjacent to an activating group) is 1. The standard InChI is InChI=1S/C16H24N4O3S/c1-20(2)4-3-18-16(21)11-7-10(8-19-15(11)17)14-13-12(9-24-14)22-5-6-23-13/h7-8,12-14H,3-6,9H2,1-2H3,(H2,17,19)(H,18,21). The molecule has 3 unspecified atom stereocenters. The van der Waals surface area contributed by atoms with Gasteiger partial charge in [-0.25, -0.2) is 4.98 Å². The van der Waals surface area contributed by atoms with Gasteiger partial charge in [0, 0.05) is 25.0 Å². The minimum atomic E-state index is -0.191. The van der Waals surface area contributed by atoms with Gasteiger partial charge >= 0.3 is 0 Å². The largest absolute Gasteiger partial charge is 0.383 e. The molecule has 2 saturated heterocycles. The highest BCUT2D eigenvalue weighted by Crippen LogP contribution is 2.44. The molecular formula is C16H24N4O3S. The van der Waals surface area contributed by atoms with Crippen LogP contribution in [-0.2, 0) is 9.47 Å². The van der Waals surface area contributed by atoms with Crippen molar-refractivity contribution in [1.29, 1.82) is 0 Å². The molecule has 7 nitrogen and oxygen atoms in total. The topological polar surface area (TPSA) is 89.7 Å². The first-order valence-corrected chi connectivity index (χ1v) is 9.14. The van der Waals surface area contributed by atoms with Crippen molar-refractivity contribution < 1.29 is 14.3 Å². The van der Waals surface area contributed by atoms with E-state index in [0.29, 0.717) is 25.3 Å². The molecule has 8 heteroatoms. The van der Waals surface area contributed by atoms with E-state index in [0.717, 1.165) is 17.9 Å². The van der Waals surface area contributed by atoms with E-state index < -0.39 is 0 Å². The Balaban J connectivity index is 1.73. The Kier molecular flexibility index (Phi) is 5.60. The highest BCUT2D eigenvalue weighted by molar-refractivity contribution is 7.99. The number of pyridine rings is 1. The molecule has 3 rings (SSSR count). The molecule has 1 amide bonds. The smallest absolute Gasteiger partial charge is 0.255 e. The zero-order chi connectivity index (χ0) is 17.1. The molecule has 24 heavy (non-hydrogen) atoms. The first-order chi connectivity index (χ1) is 11.6. The third-order valence-electron chi connectivity index (χ3n) is 4.19. The summed E-state index contributed by atoms with van der Waals surface area (Å²) >= 11 is 1.78. The van der Waals surface area contributed by atoms with Crippen LogP contribution in [0, 0.1) is 0 Å². The lowest BCUT2D eigenvalue weighted by Gasteiger charge is -2.29. The number of thioether (sulfide) groups is 1. The van der Waals surface area contributed by atoms with Crippen LogP contribution in [0.1, 0.15) is 21.2 Å². The van der Waals surface area contributed by atoms with E-state index in [1.807, 2.05) is 25.1 Å². The number of amides is 1. The van der Waals surface area contributed by atoms with E-state index in [-0.39, 0.29) is 29.2 Å². The summed E-state index contributed by atoms with van der Waals surface area (Å²) in [6.45, 7) is 2.59. The van der Waals surface area contributed by atoms with Gasteiger partial charge in [-0.15, -0.1) is 11.8 Å². The fraction of sp³-hybridized carbons (Fsp3) is 0.625. The second kappa shape index (κ2) is 7.69. The lowest BCUT2D eigenvalue weighted by Crippen LogP contribution is -2.38. The lowest BCUT2D eigenvalue weighted by molar-refractivity contribution is -0.125. The van der Waals surface area contributed by atoms with Gasteiger partial charge in [0.15, 0.2) is 0 Å². The monoisotopic (exact) mass is 352 g/mol. The molecule has 0 bridgehead atoms. The predicted molar refractivity (Wildman–Crippen MR) is 94.2 cm³/mol. The second-order valence-electron chi connectivity index (χ2n) is 6.26. The minimum Gasteiger partial charge on any atom is -0.383 e. The van der Waals surface area contributed by atoms with Crippen LogP contribution in [0.4, 0.5) is 5.82 Å². The molecule has 3 heterocycles. The fourth-order valence-corrected chi connectivity index (χ4v) is 4.36. The summed E-state index contributed by atoms with van der Waals surface area (Å²) in [5, 5.41) is 3.00. The van der Waals surface area contributed by atoms with Gasteiger partial charge in [0.1, 0.15) is 11.9 Å². The number of aromatic nitrogens is 1. The molecule has 3 N–H and O–H groups in total. The van der Waals surface area contributed by atoms with E-state index >= 15 is 0 Å². The molecule has 132 valence electrons. The van der Waals surface area contributed by atoms with Crippen molar-refractivity contribution in [3.8, 4) is 0 Å². The first-order valence-electron chi connectivity index (χ1n) is 8.09. The molecule has 2 fully saturated rings. The summed E-state index contributed by atoms with van der Waals surface area (Å²) in [5.41, 5.74) is 7.29. The summed E-state index contributed by atoms with van der Waals surface area (Å²) in [5.74, 6) is 0.954. The quantitative estimate of drug-likeness (QED) is 0.799. The lowest BCUT2D eigenvalue weighted by atomic mass is 10.0. The van der Waals surface area contributed by atoms with Crippen LogP contribution in [0.15, 0.2) is 12.3 Å². The van der Waals surface area contributed by atoms with Gasteiger partial charge in [0.05, 0.1) is 30.1 Å². The van der Waals surface area contributed by atoms with Crippen molar-refractivity contribution in [3.05, 3.63) is 23.4 Å². The Morgan fingerprint density at radius 2 is 2.25 bits per heavy atom. The maximum atomic E-state index is 12.4. The Morgan fingerprint density at radius 3 is 3.04 bits per heavy atom. The molecule has 0 aliphatic carbocycles. The number of fused-ring (bicyclic) bond motifs is 1. The number of anilines is 1. The Bertz CT molecular complexity index is 599. The molecule has 3 atom stereocenters. The van der Waals surface area contributed by atoms with E-state index in [1.165, 1.54) is 0 Å². The number of carbonyl (C=O) groups is 1. The SMILES string of the molecule is CN(C)CCNC(=O)c1cc(C2SCC3OCCOC32)cnc1N. The number of nitrogen functional groups attached to an aromatic ring is 1. The van der Waals surface area contributed by atoms with Crippen LogP contribution in [0.25, 0.3) is 0 Å². The van der Waals surface area contributed by atoms with Crippen LogP contribution >= 0.6 is 11.8 Å². The summed E-state index contributed by atoms with van der Waals surface area (Å²) in [6.07, 6.45) is 1.87. The first kappa shape index (κ1) is 17.5. The third-order valence-corrected chi connectivity index (χ3v) is 5.61. The van der Waals surface area contributed by atoms with Crippen LogP contribution in [-0.4, -0.2) is 74.2 Å². The van der Waals surface area contributed by atoms with Gasteiger partial charge in [-0.3, -0.25) is 4.79 Å². The normalized spacial score (nSPS) is 26.4. The second-order valence-corrected chi connectivity index (χ2v) is 7.43. The number of nitrogens with zero attached hydrogens (tertiary/aromatic N) is 2. The van der Waals surface area contributed by atoms with Crippen molar-refractivity contribution >= 4 is 23.5 Å². The van der Waals surface area contributed by atoms with Crippen LogP contribution in [0.2, 0.25) is 0 Å². The fourth-order valence-electron chi connectivity index (χ4n) is 2.91. The molecule has 2 aliphatic heterocycles. The number of ether oxygens (including phenoxy) is 2. The number of carbonyl (C=O) groups excluding carboxylic acids is 1. The average Bonchev–Trinajstić information content (AvgIpc) is 2.99. The maximum absolute atomic E-state index is 12.4. The number of rotatable bonds is 5. The molecule has 2 aliphatic rings. The van der Waals surface area contributed by atoms with E-state index in [1.54, 1.807) is 18.0 Å². The Morgan fingerprint density at radius 1 is 1.46 bits per heavy atom. The Labute approximate surface area is 146 Å². The van der Waals surface area contributed by atoms with Crippen LogP contribution < -0.4 is 11.1 Å². The molecule has 0 radical (unpaired) electrons. The summed E-state index contributed by atoms with van der Waals surface area (Å²) in [6, 6.07) is 1.84. The third kappa shape index (κ3) is 3.83. The van der Waals surface area contributed by atoms with Crippen molar-refractivity contribution in [1.82, 2.24) is 15.2 Å². The highest BCUT2D eigenvalue weighted by Gasteiger charge is 2.41. The Hall–Kier alpha value is -1.35. The highest BCUT2D eigenvalue weighted by atomic mass is 32.2. The van der Waals surface area contributed by atoms with E-state index in [2.05, 4.69) is 10.3 Å². The van der Waals surface area contributed by atoms with Gasteiger partial charge < -0.3 is 25.4 Å². The van der Waals surface area contributed by atoms with Crippen LogP contribution in [0.3, 0.4) is 0 Å². The van der Waals surface area contributed by atoms with Crippen molar-refractivity contribution in [2.24, 2.45) is 0 Å². The predicted octanol–water partition coefficient (Wildman–Crippen LogP) is 0.527. The summed E-state index contributed by atoms with van der Waals surface area (Å²) in [4.78, 5) is 18.6. The molecule has 1 aromatic rings. The van der Waals surface area contributed by atoms with Gasteiger partial charge in [-0.05, 0) is 25.7 Å². The number of hydrogen-bond acceptors (Lipinski definition) is 7. The average molecular weight is 352 g/mol. The maximum Gasteiger partial charge on any atom is 0.255 e. The molecule has 0 spiro atoms. The molecule has 0 aromatic carbocycles. The van der Waals surface area contributed by atoms with E-state index in [9.17, 15) is 4.79 Å². The zero-order valence-electron chi connectivity index (χ0n) is 14.0. The van der Waals surface area contributed by atoms with Gasteiger partial charge in [-0.1, -0.05) is 0 Å². The van der Waals surface area contributed by atoms with Crippen molar-refractivity contribution in [2.45, 2.75) is 17.5 Å². The van der Waals surface area contributed by atoms with Crippen LogP contribution in [0.5, 0.6) is 0 Å². The van der Waals surface area contributed by atoms with Crippen molar-refractivity contribution in [2.75, 3.05) is 51.9 Å². The van der Waals surface area contributed by atoms with Gasteiger partial charge in [-0.2, -0.15) is 0 Å². The summed E-state index contributed by atoms with van der Waals surface area (Å²) in [7, 11) is 3.92. The van der Waals surface area contributed by atoms with Crippen molar-refractivity contribution in [3.63, 3.8) is 0 Å². The molecular weight excluding hydrogens is 328 g/mol. The van der Waals surface area contributed by atoms with Gasteiger partial charge in [0.2, 0.25) is 0 Å². The number of nitrogens with one attached hydrogen (secondary N) is 1. The minimum absolute atomic E-state index is 0.0128. The zero-order valence-corrected chi connectivity index (χ0v) is 14.8. The molecule has 1 aromatic heterocycles. The number of hydrogen-bond donors (Lipinski definition) is 2.